The van der Waals surface area contributed by atoms with Crippen LogP contribution in [0.3, 0.4) is 0 Å². The van der Waals surface area contributed by atoms with E-state index in [0.717, 1.165) is 0 Å². The topological polar surface area (TPSA) is 0 Å². The molecule has 0 heterocycles. The van der Waals surface area contributed by atoms with Crippen LogP contribution < -0.4 is 0 Å². The summed E-state index contributed by atoms with van der Waals surface area (Å²) in [5.41, 5.74) is 0. The van der Waals surface area contributed by atoms with E-state index in [9.17, 15) is 0 Å². The quantitative estimate of drug-likeness (QED) is 0.492. The molecule has 0 spiro atoms. The molecule has 0 fully saturated rings. The Balaban J connectivity index is 0. The third-order valence-corrected chi connectivity index (χ3v) is 0. The van der Waals surface area contributed by atoms with Gasteiger partial charge >= 0.3 is 0 Å². The van der Waals surface area contributed by atoms with Crippen LogP contribution in [0.5, 0.6) is 0 Å². The molecule has 0 unspecified atom stereocenters. The van der Waals surface area contributed by atoms with Gasteiger partial charge in [0.25, 0.3) is 0 Å². The Morgan fingerprint density at radius 3 is 1.00 bits per heavy atom. The van der Waals surface area contributed by atoms with Crippen LogP contribution in [0.25, 0.3) is 0 Å². The van der Waals surface area contributed by atoms with Crippen molar-refractivity contribution in [1.29, 1.82) is 0 Å². The fourth-order valence-corrected chi connectivity index (χ4v) is 0. The van der Waals surface area contributed by atoms with Gasteiger partial charge in [-0.3, -0.25) is 0 Å². The molecule has 0 aliphatic rings. The number of hydrogen-bond donors (Lipinski definition) is 0. The van der Waals surface area contributed by atoms with Crippen LogP contribution in [0.2, 0.25) is 0 Å². The second-order valence-corrected chi connectivity index (χ2v) is 0. The van der Waals surface area contributed by atoms with E-state index in [2.05, 4.69) is 0 Å². The van der Waals surface area contributed by atoms with Gasteiger partial charge in [-0.15, -0.1) is 0 Å². The van der Waals surface area contributed by atoms with Crippen molar-refractivity contribution in [3.8, 4) is 0 Å². The van der Waals surface area contributed by atoms with Gasteiger partial charge < -0.3 is 0 Å². The predicted octanol–water partition coefficient (Wildman–Crippen LogP) is -0.0100. The molecule has 0 aromatic heterocycles. The summed E-state index contributed by atoms with van der Waals surface area (Å²) in [5.74, 6) is 0. The molecule has 0 rings (SSSR count). The summed E-state index contributed by atoms with van der Waals surface area (Å²) in [7, 11) is 0. The molecule has 4 heavy (non-hydrogen) atoms. The monoisotopic (exact) mass is 414 g/mol. The van der Waals surface area contributed by atoms with Crippen molar-refractivity contribution in [2.24, 2.45) is 0 Å². The van der Waals surface area contributed by atoms with E-state index < -0.39 is 0 Å². The maximum atomic E-state index is 0. The smallest absolute Gasteiger partial charge is 0 e. The Bertz CT molecular complexity index is 8.00. The van der Waals surface area contributed by atoms with E-state index in [-0.39, 0.29) is 77.6 Å². The maximum absolute atomic E-state index is 0. The van der Waals surface area contributed by atoms with Crippen LogP contribution in [0.1, 0.15) is 0 Å². The van der Waals surface area contributed by atoms with Gasteiger partial charge in [-0.05, 0) is 0 Å². The van der Waals surface area contributed by atoms with Crippen LogP contribution in [0.15, 0.2) is 0 Å². The Kier molecular flexibility index (Phi) is 142. The molecule has 0 saturated heterocycles. The maximum Gasteiger partial charge on any atom is 0 e. The normalized spacial score (nSPS) is 0. The van der Waals surface area contributed by atoms with Gasteiger partial charge in [-0.25, -0.2) is 0 Å². The van der Waals surface area contributed by atoms with Crippen molar-refractivity contribution in [3.05, 3.63) is 0 Å². The largest absolute Gasteiger partial charge is 0 e. The molecule has 36 valence electrons. The fourth-order valence-electron chi connectivity index (χ4n) is 0. The summed E-state index contributed by atoms with van der Waals surface area (Å²) in [5, 5.41) is 0. The second-order valence-electron chi connectivity index (χ2n) is 0. The first-order chi connectivity index (χ1) is 0. The Hall–Kier alpha value is 2.47. The summed E-state index contributed by atoms with van der Waals surface area (Å²) in [4.78, 5) is 0. The van der Waals surface area contributed by atoms with Gasteiger partial charge in [0.15, 0.2) is 0 Å². The summed E-state index contributed by atoms with van der Waals surface area (Å²) >= 11 is 0. The minimum atomic E-state index is 0. The fraction of sp³-hybridized carbons (Fsp3) is 0. The van der Waals surface area contributed by atoms with Gasteiger partial charge in [0.2, 0.25) is 0 Å². The first-order valence-corrected chi connectivity index (χ1v) is 0. The van der Waals surface area contributed by atoms with E-state index in [0.29, 0.717) is 0 Å². The number of rotatable bonds is 0. The van der Waals surface area contributed by atoms with E-state index in [1.54, 1.807) is 0 Å². The Morgan fingerprint density at radius 2 is 1.00 bits per heavy atom. The molecule has 0 aromatic rings. The molecule has 0 saturated carbocycles. The SMILES string of the molecule is [Au].[Cu].[Fe].[Mo]. The standard InChI is InChI=1S/Au.Cu.Fe.Mo. The Labute approximate surface area is 76.6 Å². The van der Waals surface area contributed by atoms with E-state index in [1.165, 1.54) is 0 Å². The molecule has 0 aliphatic carbocycles. The molecule has 4 heteroatoms. The van der Waals surface area contributed by atoms with Crippen molar-refractivity contribution >= 4 is 0 Å². The van der Waals surface area contributed by atoms with Gasteiger partial charge in [-0.2, -0.15) is 0 Å². The molecular formula is AuCuFeMo. The van der Waals surface area contributed by atoms with Crippen LogP contribution in [0, 0.1) is 0 Å². The first-order valence-electron chi connectivity index (χ1n) is 0. The zero-order chi connectivity index (χ0) is 0. The van der Waals surface area contributed by atoms with Gasteiger partial charge in [0, 0.05) is 77.6 Å². The molecule has 0 N–H and O–H groups in total. The van der Waals surface area contributed by atoms with E-state index in [4.69, 9.17) is 0 Å². The minimum Gasteiger partial charge on any atom is 0 e. The molecule has 0 atom stereocenters. The minimum absolute atomic E-state index is 0. The zero-order valence-corrected chi connectivity index (χ0v) is 7.58. The van der Waals surface area contributed by atoms with Crippen molar-refractivity contribution in [3.63, 3.8) is 0 Å². The van der Waals surface area contributed by atoms with Crippen LogP contribution in [0.4, 0.5) is 0 Å². The summed E-state index contributed by atoms with van der Waals surface area (Å²) in [6, 6.07) is 0. The Morgan fingerprint density at radius 1 is 1.00 bits per heavy atom. The molecule has 0 amide bonds. The first kappa shape index (κ1) is 31.8. The van der Waals surface area contributed by atoms with Gasteiger partial charge in [0.05, 0.1) is 0 Å². The molecule has 0 aliphatic heterocycles. The third kappa shape index (κ3) is 8.82. The van der Waals surface area contributed by atoms with Crippen LogP contribution in [-0.4, -0.2) is 0 Å². The van der Waals surface area contributed by atoms with Crippen molar-refractivity contribution < 1.29 is 77.6 Å². The van der Waals surface area contributed by atoms with E-state index >= 15 is 0 Å². The van der Waals surface area contributed by atoms with E-state index in [1.807, 2.05) is 0 Å². The zero-order valence-electron chi connectivity index (χ0n) is 1.36. The van der Waals surface area contributed by atoms with Gasteiger partial charge in [-0.1, -0.05) is 0 Å². The van der Waals surface area contributed by atoms with Crippen molar-refractivity contribution in [2.75, 3.05) is 0 Å². The molecule has 0 nitrogen and oxygen atoms in total. The summed E-state index contributed by atoms with van der Waals surface area (Å²) < 4.78 is 0. The van der Waals surface area contributed by atoms with Crippen LogP contribution in [-0.2, 0) is 77.6 Å². The van der Waals surface area contributed by atoms with Crippen LogP contribution >= 0.6 is 0 Å². The average molecular weight is 412 g/mol. The third-order valence-electron chi connectivity index (χ3n) is 0. The summed E-state index contributed by atoms with van der Waals surface area (Å²) in [6.45, 7) is 0. The molecular weight excluding hydrogens is 412 g/mol. The van der Waals surface area contributed by atoms with Gasteiger partial charge in [0.1, 0.15) is 0 Å². The molecule has 0 aromatic carbocycles. The van der Waals surface area contributed by atoms with Crippen molar-refractivity contribution in [2.45, 2.75) is 0 Å². The molecule has 0 bridgehead atoms. The average Bonchev–Trinajstić information content (AvgIpc) is 0. The second kappa shape index (κ2) is 17.9. The predicted molar refractivity (Wildman–Crippen MR) is 0 cm³/mol. The van der Waals surface area contributed by atoms with Crippen molar-refractivity contribution in [1.82, 2.24) is 0 Å². The molecule has 2 radical (unpaired) electrons. The number of hydrogen-bond acceptors (Lipinski definition) is 0. The summed E-state index contributed by atoms with van der Waals surface area (Å²) in [6.07, 6.45) is 0.